The van der Waals surface area contributed by atoms with Gasteiger partial charge in [0.25, 0.3) is 10.1 Å². The number of halogens is 1. The number of hydrogen-bond donors (Lipinski definition) is 2. The van der Waals surface area contributed by atoms with Gasteiger partial charge < -0.3 is 10.0 Å². The molecule has 1 aromatic heterocycles. The number of benzene rings is 5. The minimum Gasteiger partial charge on any atom is -0.507 e. The Hall–Kier alpha value is -4.76. The maximum absolute atomic E-state index is 10.8. The molecule has 0 radical (unpaired) electrons. The summed E-state index contributed by atoms with van der Waals surface area (Å²) in [5.41, 5.74) is 8.06. The number of pyridine rings is 1. The number of phenolic OH excluding ortho intramolecular Hbond substituents is 1. The van der Waals surface area contributed by atoms with E-state index in [0.29, 0.717) is 11.8 Å². The van der Waals surface area contributed by atoms with Crippen LogP contribution in [0.2, 0.25) is 0 Å². The van der Waals surface area contributed by atoms with Crippen LogP contribution in [0.25, 0.3) is 34.2 Å². The summed E-state index contributed by atoms with van der Waals surface area (Å²) < 4.78 is 27.9. The maximum atomic E-state index is 10.8. The lowest BCUT2D eigenvalue weighted by molar-refractivity contribution is 0.474. The molecular formula is C38H33BrN2O4S. The van der Waals surface area contributed by atoms with Crippen molar-refractivity contribution in [2.45, 2.75) is 6.42 Å². The molecule has 0 bridgehead atoms. The number of alkyl halides is 1. The number of phenols is 1. The van der Waals surface area contributed by atoms with Crippen molar-refractivity contribution < 1.29 is 18.1 Å². The van der Waals surface area contributed by atoms with Crippen molar-refractivity contribution >= 4 is 66.2 Å². The zero-order valence-corrected chi connectivity index (χ0v) is 27.3. The monoisotopic (exact) mass is 692 g/mol. The van der Waals surface area contributed by atoms with Gasteiger partial charge in [-0.25, -0.2) is 0 Å². The Morgan fingerprint density at radius 2 is 1.24 bits per heavy atom. The van der Waals surface area contributed by atoms with E-state index in [2.05, 4.69) is 105 Å². The van der Waals surface area contributed by atoms with Crippen molar-refractivity contribution in [1.82, 2.24) is 4.98 Å². The second-order valence-electron chi connectivity index (χ2n) is 10.4. The Balaban J connectivity index is 0.000000463. The number of aromatic hydroxyl groups is 1. The summed E-state index contributed by atoms with van der Waals surface area (Å²) in [6.45, 7) is 0. The minimum absolute atomic E-state index is 0.155. The van der Waals surface area contributed by atoms with Gasteiger partial charge in [-0.3, -0.25) is 9.54 Å². The van der Waals surface area contributed by atoms with Gasteiger partial charge in [0, 0.05) is 39.5 Å². The Morgan fingerprint density at radius 1 is 0.674 bits per heavy atom. The Bertz CT molecular complexity index is 1970. The first-order chi connectivity index (χ1) is 22.3. The SMILES string of the molecule is O=S(=O)(O)CCCBr.Oc1cc(-c2ccc(N(c3ccccc3)c3ccccc3)cc2)ccc1C=Cc1ccnc2ccccc12. The summed E-state index contributed by atoms with van der Waals surface area (Å²) in [5.74, 6) is 0.0921. The fourth-order valence-corrected chi connectivity index (χ4v) is 6.11. The van der Waals surface area contributed by atoms with Gasteiger partial charge in [0.05, 0.1) is 11.3 Å². The molecule has 0 aliphatic heterocycles. The lowest BCUT2D eigenvalue weighted by Crippen LogP contribution is -2.09. The predicted molar refractivity (Wildman–Crippen MR) is 194 cm³/mol. The summed E-state index contributed by atoms with van der Waals surface area (Å²) in [4.78, 5) is 6.66. The van der Waals surface area contributed by atoms with Gasteiger partial charge in [-0.2, -0.15) is 8.42 Å². The Kier molecular flexibility index (Phi) is 11.0. The maximum Gasteiger partial charge on any atom is 0.264 e. The highest BCUT2D eigenvalue weighted by atomic mass is 79.9. The van der Waals surface area contributed by atoms with Crippen LogP contribution in [0.15, 0.2) is 140 Å². The molecule has 6 nitrogen and oxygen atoms in total. The number of para-hydroxylation sites is 3. The van der Waals surface area contributed by atoms with E-state index in [0.717, 1.165) is 50.2 Å². The topological polar surface area (TPSA) is 90.7 Å². The van der Waals surface area contributed by atoms with Crippen LogP contribution in [-0.4, -0.2) is 34.1 Å². The van der Waals surface area contributed by atoms with E-state index in [9.17, 15) is 13.5 Å². The zero-order chi connectivity index (χ0) is 32.4. The molecule has 5 aromatic carbocycles. The van der Waals surface area contributed by atoms with E-state index in [1.807, 2.05) is 72.9 Å². The van der Waals surface area contributed by atoms with E-state index in [1.54, 1.807) is 0 Å². The van der Waals surface area contributed by atoms with Crippen LogP contribution < -0.4 is 4.90 Å². The van der Waals surface area contributed by atoms with Crippen LogP contribution in [-0.2, 0) is 10.1 Å². The molecule has 232 valence electrons. The van der Waals surface area contributed by atoms with Crippen LogP contribution >= 0.6 is 15.9 Å². The molecular weight excluding hydrogens is 660 g/mol. The molecule has 0 atom stereocenters. The Labute approximate surface area is 278 Å². The highest BCUT2D eigenvalue weighted by molar-refractivity contribution is 9.09. The van der Waals surface area contributed by atoms with Gasteiger partial charge in [0.2, 0.25) is 0 Å². The van der Waals surface area contributed by atoms with Crippen LogP contribution in [0.1, 0.15) is 17.5 Å². The first kappa shape index (κ1) is 32.6. The van der Waals surface area contributed by atoms with Gasteiger partial charge in [-0.15, -0.1) is 0 Å². The van der Waals surface area contributed by atoms with Gasteiger partial charge in [0.1, 0.15) is 5.75 Å². The summed E-state index contributed by atoms with van der Waals surface area (Å²) in [6, 6.07) is 45.0. The molecule has 46 heavy (non-hydrogen) atoms. The lowest BCUT2D eigenvalue weighted by Gasteiger charge is -2.25. The van der Waals surface area contributed by atoms with Crippen molar-refractivity contribution in [2.24, 2.45) is 0 Å². The second kappa shape index (κ2) is 15.5. The van der Waals surface area contributed by atoms with E-state index in [1.165, 1.54) is 0 Å². The minimum atomic E-state index is -3.72. The quantitative estimate of drug-likeness (QED) is 0.116. The van der Waals surface area contributed by atoms with Crippen LogP contribution in [0, 0.1) is 0 Å². The van der Waals surface area contributed by atoms with Crippen LogP contribution in [0.3, 0.4) is 0 Å². The third kappa shape index (κ3) is 8.69. The molecule has 6 aromatic rings. The number of aromatic nitrogens is 1. The average molecular weight is 694 g/mol. The largest absolute Gasteiger partial charge is 0.507 e. The summed E-state index contributed by atoms with van der Waals surface area (Å²) in [7, 11) is -3.72. The highest BCUT2D eigenvalue weighted by Gasteiger charge is 2.12. The number of rotatable bonds is 9. The zero-order valence-electron chi connectivity index (χ0n) is 24.9. The number of hydrogen-bond acceptors (Lipinski definition) is 5. The molecule has 0 fully saturated rings. The van der Waals surface area contributed by atoms with E-state index in [4.69, 9.17) is 4.55 Å². The molecule has 0 aliphatic rings. The van der Waals surface area contributed by atoms with Gasteiger partial charge >= 0.3 is 0 Å². The summed E-state index contributed by atoms with van der Waals surface area (Å²) >= 11 is 3.03. The predicted octanol–water partition coefficient (Wildman–Crippen LogP) is 9.91. The van der Waals surface area contributed by atoms with Gasteiger partial charge in [-0.1, -0.05) is 107 Å². The third-order valence-electron chi connectivity index (χ3n) is 7.18. The van der Waals surface area contributed by atoms with Gasteiger partial charge in [0.15, 0.2) is 0 Å². The van der Waals surface area contributed by atoms with Crippen LogP contribution in [0.5, 0.6) is 5.75 Å². The van der Waals surface area contributed by atoms with Crippen molar-refractivity contribution in [3.05, 3.63) is 151 Å². The summed E-state index contributed by atoms with van der Waals surface area (Å²) in [5, 5.41) is 12.5. The second-order valence-corrected chi connectivity index (χ2v) is 12.8. The highest BCUT2D eigenvalue weighted by Crippen LogP contribution is 2.36. The van der Waals surface area contributed by atoms with E-state index in [-0.39, 0.29) is 11.5 Å². The molecule has 0 saturated heterocycles. The van der Waals surface area contributed by atoms with Crippen molar-refractivity contribution in [3.8, 4) is 16.9 Å². The average Bonchev–Trinajstić information content (AvgIpc) is 3.08. The molecule has 1 heterocycles. The molecule has 6 rings (SSSR count). The van der Waals surface area contributed by atoms with E-state index >= 15 is 0 Å². The van der Waals surface area contributed by atoms with Gasteiger partial charge in [-0.05, 0) is 77.7 Å². The molecule has 8 heteroatoms. The molecule has 0 unspecified atom stereocenters. The van der Waals surface area contributed by atoms with Crippen molar-refractivity contribution in [1.29, 1.82) is 0 Å². The fraction of sp³-hybridized carbons (Fsp3) is 0.0789. The number of anilines is 3. The molecule has 0 amide bonds. The lowest BCUT2D eigenvalue weighted by atomic mass is 10.0. The summed E-state index contributed by atoms with van der Waals surface area (Å²) in [6.07, 6.45) is 6.24. The van der Waals surface area contributed by atoms with Crippen LogP contribution in [0.4, 0.5) is 17.1 Å². The molecule has 0 saturated carbocycles. The number of fused-ring (bicyclic) bond motifs is 1. The smallest absolute Gasteiger partial charge is 0.264 e. The molecule has 0 aliphatic carbocycles. The third-order valence-corrected chi connectivity index (χ3v) is 8.54. The van der Waals surface area contributed by atoms with E-state index < -0.39 is 10.1 Å². The first-order valence-electron chi connectivity index (χ1n) is 14.7. The Morgan fingerprint density at radius 3 is 1.83 bits per heavy atom. The number of nitrogens with zero attached hydrogens (tertiary/aromatic N) is 2. The van der Waals surface area contributed by atoms with Crippen molar-refractivity contribution in [3.63, 3.8) is 0 Å². The molecule has 2 N–H and O–H groups in total. The standard InChI is InChI=1S/C35H26N2O.C3H7BrO3S/c38-35-25-29(18-17-28(35)16-15-27-23-24-36-34-14-8-7-13-33(27)34)26-19-21-32(22-20-26)37(30-9-3-1-4-10-30)31-11-5-2-6-12-31;4-2-1-3-8(5,6)7/h1-25,38H;1-3H2,(H,5,6,7). The first-order valence-corrected chi connectivity index (χ1v) is 17.4. The fourth-order valence-electron chi connectivity index (χ4n) is 4.95. The molecule has 0 spiro atoms. The van der Waals surface area contributed by atoms with Crippen molar-refractivity contribution in [2.75, 3.05) is 16.0 Å². The normalized spacial score (nSPS) is 11.3.